The van der Waals surface area contributed by atoms with E-state index in [2.05, 4.69) is 45.0 Å². The van der Waals surface area contributed by atoms with Gasteiger partial charge in [-0.25, -0.2) is 0 Å². The first-order valence-corrected chi connectivity index (χ1v) is 26.3. The Labute approximate surface area is 239 Å². The molecule has 1 aromatic carbocycles. The van der Waals surface area contributed by atoms with Gasteiger partial charge in [0.05, 0.1) is 0 Å². The zero-order valence-corrected chi connectivity index (χ0v) is 28.4. The van der Waals surface area contributed by atoms with Crippen molar-refractivity contribution in [3.63, 3.8) is 0 Å². The number of hydrogen-bond donors (Lipinski definition) is 0. The first-order valence-electron chi connectivity index (χ1n) is 16.1. The second-order valence-electron chi connectivity index (χ2n) is 11.7. The van der Waals surface area contributed by atoms with Gasteiger partial charge < -0.3 is 0 Å². The van der Waals surface area contributed by atoms with Crippen LogP contribution >= 0.6 is 18.8 Å². The topological polar surface area (TPSA) is 9.23 Å². The van der Waals surface area contributed by atoms with Crippen molar-refractivity contribution in [2.24, 2.45) is 0 Å². The third kappa shape index (κ3) is 16.2. The number of rotatable bonds is 26. The number of hydrogen-bond acceptors (Lipinski definition) is 1. The van der Waals surface area contributed by atoms with Crippen molar-refractivity contribution < 1.29 is 15.2 Å². The van der Waals surface area contributed by atoms with Crippen LogP contribution in [0.4, 0.5) is 0 Å². The summed E-state index contributed by atoms with van der Waals surface area (Å²) in [6.07, 6.45) is 26.8. The Hall–Kier alpha value is 0.288. The molecule has 0 aliphatic rings. The SMILES string of the molecule is CCCCCCCC[CH2][Mo]([Cl])([Cl])([CH2]CCCCCCCC)([CH2]CCCCCCCC)[O]c1ccccc1. The van der Waals surface area contributed by atoms with E-state index in [0.717, 1.165) is 39.4 Å². The molecule has 0 fully saturated rings. The van der Waals surface area contributed by atoms with E-state index < -0.39 is 11.9 Å². The van der Waals surface area contributed by atoms with E-state index in [9.17, 15) is 0 Å². The summed E-state index contributed by atoms with van der Waals surface area (Å²) in [5.41, 5.74) is 0. The Bertz CT molecular complexity index is 621. The van der Waals surface area contributed by atoms with Gasteiger partial charge in [-0.3, -0.25) is 0 Å². The summed E-state index contributed by atoms with van der Waals surface area (Å²) < 4.78 is 7.03. The van der Waals surface area contributed by atoms with Gasteiger partial charge in [0.15, 0.2) is 0 Å². The van der Waals surface area contributed by atoms with Crippen molar-refractivity contribution in [2.75, 3.05) is 0 Å². The van der Waals surface area contributed by atoms with Crippen molar-refractivity contribution in [1.29, 1.82) is 0 Å². The molecule has 0 aliphatic heterocycles. The normalized spacial score (nSPS) is 13.9. The first kappa shape index (κ1) is 35.3. The van der Waals surface area contributed by atoms with Crippen LogP contribution in [0.5, 0.6) is 5.75 Å². The number of unbranched alkanes of at least 4 members (excludes halogenated alkanes) is 18. The molecular weight excluding hydrogens is 579 g/mol. The van der Waals surface area contributed by atoms with Crippen LogP contribution < -0.4 is 3.39 Å². The minimum absolute atomic E-state index is 0.882. The van der Waals surface area contributed by atoms with Crippen molar-refractivity contribution in [1.82, 2.24) is 0 Å². The van der Waals surface area contributed by atoms with Crippen LogP contribution in [0, 0.1) is 0 Å². The standard InChI is InChI=1S/3C9H19.C6H6O.2ClH.Mo/c3*1-3-5-7-9-8-6-4-2;7-6-4-2-1-3-5-6;;;/h3*1,3-9H2,2H3;1-5,7H;2*1H;/q;;;;;;+3/p-3. The molecule has 220 valence electrons. The van der Waals surface area contributed by atoms with Crippen molar-refractivity contribution >= 4 is 18.8 Å². The molecule has 0 bridgehead atoms. The van der Waals surface area contributed by atoms with Gasteiger partial charge >= 0.3 is 240 Å². The predicted octanol–water partition coefficient (Wildman–Crippen LogP) is 14.0. The molecule has 0 N–H and O–H groups in total. The zero-order valence-electron chi connectivity index (χ0n) is 24.9. The van der Waals surface area contributed by atoms with Gasteiger partial charge in [0.1, 0.15) is 0 Å². The second-order valence-corrected chi connectivity index (χ2v) is 36.0. The molecule has 0 saturated carbocycles. The predicted molar refractivity (Wildman–Crippen MR) is 167 cm³/mol. The van der Waals surface area contributed by atoms with Crippen LogP contribution in [-0.2, 0) is 11.9 Å². The molecule has 0 heterocycles. The fourth-order valence-corrected chi connectivity index (χ4v) is 21.0. The second kappa shape index (κ2) is 19.4. The van der Waals surface area contributed by atoms with E-state index in [0.29, 0.717) is 0 Å². The molecule has 0 unspecified atom stereocenters. The average Bonchev–Trinajstić information content (AvgIpc) is 2.88. The Morgan fingerprint density at radius 2 is 0.757 bits per heavy atom. The Kier molecular flexibility index (Phi) is 18.5. The van der Waals surface area contributed by atoms with Gasteiger partial charge in [0.2, 0.25) is 0 Å². The monoisotopic (exact) mass is 642 g/mol. The molecule has 0 saturated heterocycles. The Balaban J connectivity index is 2.93. The quantitative estimate of drug-likeness (QED) is 0.0722. The number of halogens is 2. The van der Waals surface area contributed by atoms with Crippen molar-refractivity contribution in [3.8, 4) is 5.75 Å². The van der Waals surface area contributed by atoms with Crippen LogP contribution in [0.15, 0.2) is 30.3 Å². The number of benzene rings is 1. The van der Waals surface area contributed by atoms with Gasteiger partial charge in [-0.2, -0.15) is 0 Å². The Morgan fingerprint density at radius 1 is 0.459 bits per heavy atom. The van der Waals surface area contributed by atoms with Gasteiger partial charge in [-0.05, 0) is 0 Å². The maximum absolute atomic E-state index is 8.01. The van der Waals surface area contributed by atoms with Crippen LogP contribution in [0.25, 0.3) is 0 Å². The van der Waals surface area contributed by atoms with E-state index >= 15 is 0 Å². The van der Waals surface area contributed by atoms with E-state index in [1.165, 1.54) is 116 Å². The van der Waals surface area contributed by atoms with E-state index in [4.69, 9.17) is 22.2 Å². The Morgan fingerprint density at radius 3 is 1.08 bits per heavy atom. The van der Waals surface area contributed by atoms with Crippen LogP contribution in [0.1, 0.15) is 156 Å². The molecule has 4 heteroatoms. The maximum atomic E-state index is 8.01. The fourth-order valence-electron chi connectivity index (χ4n) is 5.48. The molecule has 0 aromatic heterocycles. The van der Waals surface area contributed by atoms with Crippen molar-refractivity contribution in [3.05, 3.63) is 30.3 Å². The molecule has 0 atom stereocenters. The first-order chi connectivity index (χ1) is 17.8. The molecular formula is C33H62Cl2MoO. The summed E-state index contributed by atoms with van der Waals surface area (Å²) in [5.74, 6) is 0.882. The van der Waals surface area contributed by atoms with Crippen LogP contribution in [-0.4, -0.2) is 0 Å². The summed E-state index contributed by atoms with van der Waals surface area (Å²) in [6, 6.07) is 10.3. The fraction of sp³-hybridized carbons (Fsp3) is 0.818. The summed E-state index contributed by atoms with van der Waals surface area (Å²) in [5, 5.41) is 0. The molecule has 1 rings (SSSR count). The zero-order chi connectivity index (χ0) is 27.2. The van der Waals surface area contributed by atoms with Gasteiger partial charge in [0.25, 0.3) is 0 Å². The molecule has 0 spiro atoms. The van der Waals surface area contributed by atoms with Gasteiger partial charge in [-0.15, -0.1) is 0 Å². The number of para-hydroxylation sites is 1. The summed E-state index contributed by atoms with van der Waals surface area (Å²) in [6.45, 7) is 6.85. The molecule has 0 aliphatic carbocycles. The van der Waals surface area contributed by atoms with Gasteiger partial charge in [0, 0.05) is 0 Å². The summed E-state index contributed by atoms with van der Waals surface area (Å²) in [4.78, 5) is 2.66. The third-order valence-corrected chi connectivity index (χ3v) is 25.7. The van der Waals surface area contributed by atoms with Crippen LogP contribution in [0.2, 0.25) is 14.4 Å². The molecule has 37 heavy (non-hydrogen) atoms. The minimum atomic E-state index is -4.85. The average molecular weight is 642 g/mol. The summed E-state index contributed by atoms with van der Waals surface area (Å²) >= 11 is -4.85. The van der Waals surface area contributed by atoms with E-state index in [1.807, 2.05) is 6.07 Å². The third-order valence-electron chi connectivity index (χ3n) is 7.90. The molecule has 0 amide bonds. The molecule has 1 aromatic rings. The molecule has 1 nitrogen and oxygen atoms in total. The summed E-state index contributed by atoms with van der Waals surface area (Å²) in [7, 11) is 16.0. The van der Waals surface area contributed by atoms with Crippen molar-refractivity contribution in [2.45, 2.75) is 170 Å². The van der Waals surface area contributed by atoms with E-state index in [1.54, 1.807) is 0 Å². The molecule has 0 radical (unpaired) electrons. The van der Waals surface area contributed by atoms with Crippen LogP contribution in [0.3, 0.4) is 0 Å². The van der Waals surface area contributed by atoms with E-state index in [-0.39, 0.29) is 0 Å². The van der Waals surface area contributed by atoms with Gasteiger partial charge in [-0.1, -0.05) is 0 Å².